The van der Waals surface area contributed by atoms with Crippen molar-refractivity contribution >= 4 is 5.69 Å². The molecule has 0 saturated carbocycles. The third kappa shape index (κ3) is 9.64. The van der Waals surface area contributed by atoms with E-state index >= 15 is 0 Å². The second-order valence-electron chi connectivity index (χ2n) is 10.6. The van der Waals surface area contributed by atoms with Crippen molar-refractivity contribution in [3.8, 4) is 51.4 Å². The quantitative estimate of drug-likeness (QED) is 0.118. The Kier molecular flexibility index (Phi) is 13.3. The Labute approximate surface area is 317 Å². The van der Waals surface area contributed by atoms with Crippen molar-refractivity contribution in [3.63, 3.8) is 0 Å². The summed E-state index contributed by atoms with van der Waals surface area (Å²) >= 11 is 0. The van der Waals surface area contributed by atoms with Crippen LogP contribution in [0.1, 0.15) is 11.4 Å². The molecule has 2 aromatic heterocycles. The molecule has 0 N–H and O–H groups in total. The number of hydrogen-bond donors (Lipinski definition) is 0. The normalized spacial score (nSPS) is 11.4. The van der Waals surface area contributed by atoms with Crippen LogP contribution in [0.3, 0.4) is 0 Å². The summed E-state index contributed by atoms with van der Waals surface area (Å²) in [6.45, 7) is 5.88. The van der Waals surface area contributed by atoms with Gasteiger partial charge in [-0.3, -0.25) is 11.1 Å². The zero-order valence-corrected chi connectivity index (χ0v) is 31.3. The van der Waals surface area contributed by atoms with Crippen LogP contribution in [0.2, 0.25) is 0 Å². The minimum absolute atomic E-state index is 0. The van der Waals surface area contributed by atoms with Gasteiger partial charge in [-0.1, -0.05) is 18.0 Å². The van der Waals surface area contributed by atoms with E-state index in [4.69, 9.17) is 15.9 Å². The van der Waals surface area contributed by atoms with Crippen LogP contribution >= 0.6 is 0 Å². The number of aromatic nitrogens is 2. The molecule has 0 fully saturated rings. The van der Waals surface area contributed by atoms with E-state index in [1.54, 1.807) is 10.8 Å². The molecule has 49 heavy (non-hydrogen) atoms. The monoisotopic (exact) mass is 999 g/mol. The predicted octanol–water partition coefficient (Wildman–Crippen LogP) is 8.84. The fourth-order valence-corrected chi connectivity index (χ4v) is 4.77. The fraction of sp³-hybridized carbons (Fsp3) is 0.0732. The summed E-state index contributed by atoms with van der Waals surface area (Å²) in [5.41, 5.74) is 6.25. The first-order valence-corrected chi connectivity index (χ1v) is 14.8. The van der Waals surface area contributed by atoms with Crippen molar-refractivity contribution in [2.45, 2.75) is 13.8 Å². The van der Waals surface area contributed by atoms with E-state index in [2.05, 4.69) is 41.4 Å². The maximum absolute atomic E-state index is 6.86. The van der Waals surface area contributed by atoms with Crippen LogP contribution in [-0.2, 0) is 42.1 Å². The number of benzene rings is 4. The Morgan fingerprint density at radius 1 is 0.714 bits per heavy atom. The summed E-state index contributed by atoms with van der Waals surface area (Å²) < 4.78 is 13.7. The van der Waals surface area contributed by atoms with E-state index in [1.165, 1.54) is 0 Å². The van der Waals surface area contributed by atoms with Crippen molar-refractivity contribution in [1.82, 2.24) is 14.5 Å². The molecule has 7 rings (SSSR count). The zero-order valence-electron chi connectivity index (χ0n) is 26.8. The average molecular weight is 1000 g/mol. The van der Waals surface area contributed by atoms with Crippen molar-refractivity contribution < 1.29 is 51.6 Å². The third-order valence-corrected chi connectivity index (χ3v) is 7.11. The SMILES string of the molecule is CN1C=CN(c2[c-]c(Oc3[c-]c(-c4cc(-c5[c-]c(Oc6[c-]cccc6)ccc5)[c-]cn4)ccc3)ccc2)[CH-]1.[C-]#Cn1c(C)ccc1C.[Pt+4].[Pt]. The third-order valence-electron chi connectivity index (χ3n) is 7.11. The van der Waals surface area contributed by atoms with Crippen molar-refractivity contribution in [2.24, 2.45) is 0 Å². The van der Waals surface area contributed by atoms with Crippen molar-refractivity contribution in [1.29, 1.82) is 0 Å². The molecule has 0 saturated heterocycles. The Morgan fingerprint density at radius 2 is 1.35 bits per heavy atom. The Bertz CT molecular complexity index is 2030. The average Bonchev–Trinajstić information content (AvgIpc) is 3.69. The van der Waals surface area contributed by atoms with Gasteiger partial charge in [0.25, 0.3) is 0 Å². The smallest absolute Gasteiger partial charge is 0.669 e. The summed E-state index contributed by atoms with van der Waals surface area (Å²) in [5.74, 6) is 2.42. The van der Waals surface area contributed by atoms with Gasteiger partial charge in [0.1, 0.15) is 0 Å². The standard InChI is InChI=1S/C33H21N3O2.C8H8N.2Pt/c1-35-18-19-36(24-35)28-10-7-15-32(23-28)38-31-14-6-9-27(21-31)33-22-26(16-17-34-33)25-8-5-13-30(20-25)37-29-11-3-2-4-12-29;1-4-9-7(2)5-6-8(9)3;;/h2-11,13-15,17-19,22,24H,1H3;5-6H,2-3H3;;/q-6;-1;;+4. The molecule has 0 atom stereocenters. The van der Waals surface area contributed by atoms with Gasteiger partial charge in [0.15, 0.2) is 0 Å². The molecule has 0 amide bonds. The Balaban J connectivity index is 0.000000430. The summed E-state index contributed by atoms with van der Waals surface area (Å²) in [6.07, 6.45) is 12.5. The van der Waals surface area contributed by atoms with Crippen LogP contribution in [0, 0.1) is 63.3 Å². The second kappa shape index (κ2) is 17.5. The molecule has 0 bridgehead atoms. The van der Waals surface area contributed by atoms with Crippen LogP contribution < -0.4 is 14.4 Å². The number of pyridine rings is 1. The van der Waals surface area contributed by atoms with Gasteiger partial charge in [0.05, 0.1) is 0 Å². The van der Waals surface area contributed by atoms with Crippen LogP contribution in [-0.4, -0.2) is 21.5 Å². The van der Waals surface area contributed by atoms with Crippen LogP contribution in [0.25, 0.3) is 22.4 Å². The molecule has 248 valence electrons. The predicted molar refractivity (Wildman–Crippen MR) is 182 cm³/mol. The summed E-state index contributed by atoms with van der Waals surface area (Å²) in [7, 11) is 1.98. The van der Waals surface area contributed by atoms with E-state index in [0.29, 0.717) is 23.0 Å². The molecule has 1 aliphatic rings. The summed E-state index contributed by atoms with van der Waals surface area (Å²) in [4.78, 5) is 8.48. The van der Waals surface area contributed by atoms with E-state index < -0.39 is 0 Å². The van der Waals surface area contributed by atoms with Crippen LogP contribution in [0.5, 0.6) is 23.0 Å². The molecule has 0 spiro atoms. The van der Waals surface area contributed by atoms with Gasteiger partial charge in [0, 0.05) is 55.5 Å². The molecule has 4 aromatic carbocycles. The van der Waals surface area contributed by atoms with Gasteiger partial charge >= 0.3 is 21.1 Å². The molecule has 0 aliphatic carbocycles. The molecule has 3 heterocycles. The number of hydrogen-bond acceptors (Lipinski definition) is 5. The maximum atomic E-state index is 6.86. The van der Waals surface area contributed by atoms with E-state index in [9.17, 15) is 0 Å². The van der Waals surface area contributed by atoms with Gasteiger partial charge in [-0.15, -0.1) is 65.8 Å². The first-order chi connectivity index (χ1) is 22.9. The number of para-hydroxylation sites is 1. The van der Waals surface area contributed by atoms with Gasteiger partial charge in [-0.05, 0) is 45.4 Å². The van der Waals surface area contributed by atoms with E-state index in [0.717, 1.165) is 39.5 Å². The zero-order chi connectivity index (χ0) is 32.6. The first-order valence-electron chi connectivity index (χ1n) is 14.8. The molecule has 8 heteroatoms. The van der Waals surface area contributed by atoms with Gasteiger partial charge < -0.3 is 35.2 Å². The molecule has 1 aliphatic heterocycles. The molecule has 6 nitrogen and oxygen atoms in total. The molecule has 6 aromatic rings. The van der Waals surface area contributed by atoms with Crippen LogP contribution in [0.15, 0.2) is 116 Å². The Hall–Kier alpha value is -4.81. The van der Waals surface area contributed by atoms with E-state index in [1.807, 2.05) is 147 Å². The Morgan fingerprint density at radius 3 is 1.98 bits per heavy atom. The topological polar surface area (TPSA) is 42.8 Å². The molecular weight excluding hydrogens is 971 g/mol. The fourth-order valence-electron chi connectivity index (χ4n) is 4.77. The number of rotatable bonds is 7. The first kappa shape index (κ1) is 37.0. The molecule has 0 radical (unpaired) electrons. The number of nitrogens with zero attached hydrogens (tertiary/aromatic N) is 4. The van der Waals surface area contributed by atoms with Crippen molar-refractivity contribution in [3.05, 3.63) is 170 Å². The second-order valence-corrected chi connectivity index (χ2v) is 10.6. The van der Waals surface area contributed by atoms with E-state index in [-0.39, 0.29) is 42.1 Å². The number of ether oxygens (including phenoxy) is 2. The van der Waals surface area contributed by atoms with Gasteiger partial charge in [-0.2, -0.15) is 43.1 Å². The minimum atomic E-state index is 0. The van der Waals surface area contributed by atoms with Crippen LogP contribution in [0.4, 0.5) is 5.69 Å². The summed E-state index contributed by atoms with van der Waals surface area (Å²) in [5, 5.41) is 0. The summed E-state index contributed by atoms with van der Waals surface area (Å²) in [6, 6.07) is 49.2. The molecular formula is C41H29N4O2Pt2-3. The number of aryl methyl sites for hydroxylation is 2. The van der Waals surface area contributed by atoms with Crippen molar-refractivity contribution in [2.75, 3.05) is 11.9 Å². The van der Waals surface area contributed by atoms with Gasteiger partial charge in [-0.25, -0.2) is 24.2 Å². The number of anilines is 1. The minimum Gasteiger partial charge on any atom is -0.669 e. The van der Waals surface area contributed by atoms with Gasteiger partial charge in [0.2, 0.25) is 0 Å². The maximum Gasteiger partial charge on any atom is 4.00 e. The molecule has 0 unspecified atom stereocenters. The largest absolute Gasteiger partial charge is 4.00 e.